The fourth-order valence-corrected chi connectivity index (χ4v) is 7.97. The Kier molecular flexibility index (Phi) is 21.5. The maximum Gasteiger partial charge on any atom is 0.330 e. The van der Waals surface area contributed by atoms with Crippen molar-refractivity contribution in [2.45, 2.75) is 121 Å². The van der Waals surface area contributed by atoms with Gasteiger partial charge in [-0.25, -0.2) is 9.78 Å². The summed E-state index contributed by atoms with van der Waals surface area (Å²) in [5.74, 6) is -8.75. The molecule has 390 valence electrons. The van der Waals surface area contributed by atoms with E-state index >= 15 is 0 Å². The molecular formula is C48H67N13O11. The first-order valence-electron chi connectivity index (χ1n) is 23.7. The number of aromatic hydroxyl groups is 1. The Morgan fingerprint density at radius 3 is 1.93 bits per heavy atom. The first kappa shape index (κ1) is 56.5. The van der Waals surface area contributed by atoms with Crippen molar-refractivity contribution in [2.75, 3.05) is 13.1 Å². The van der Waals surface area contributed by atoms with E-state index in [0.29, 0.717) is 23.2 Å². The van der Waals surface area contributed by atoms with E-state index in [1.165, 1.54) is 41.7 Å². The maximum absolute atomic E-state index is 14.5. The second kappa shape index (κ2) is 27.4. The molecule has 8 amide bonds. The van der Waals surface area contributed by atoms with Gasteiger partial charge in [-0.15, -0.1) is 0 Å². The highest BCUT2D eigenvalue weighted by atomic mass is 16.4. The van der Waals surface area contributed by atoms with Crippen molar-refractivity contribution in [2.24, 2.45) is 23.3 Å². The molecular weight excluding hydrogens is 935 g/mol. The van der Waals surface area contributed by atoms with Gasteiger partial charge in [0.15, 0.2) is 12.0 Å². The number of nitrogens with zero attached hydrogens (tertiary/aromatic N) is 2. The van der Waals surface area contributed by atoms with Gasteiger partial charge < -0.3 is 68.8 Å². The molecule has 24 nitrogen and oxygen atoms in total. The third-order valence-corrected chi connectivity index (χ3v) is 11.8. The number of hydrogen-bond donors (Lipinski definition) is 13. The average Bonchev–Trinajstić information content (AvgIpc) is 4.05. The van der Waals surface area contributed by atoms with Crippen LogP contribution < -0.4 is 48.7 Å². The molecule has 15 N–H and O–H groups in total. The summed E-state index contributed by atoms with van der Waals surface area (Å²) in [4.78, 5) is 130. The van der Waals surface area contributed by atoms with Gasteiger partial charge in [0, 0.05) is 45.0 Å². The Labute approximate surface area is 416 Å². The minimum absolute atomic E-state index is 0.0372. The molecule has 1 saturated heterocycles. The highest BCUT2D eigenvalue weighted by Crippen LogP contribution is 2.22. The number of amides is 8. The molecule has 72 heavy (non-hydrogen) atoms. The predicted molar refractivity (Wildman–Crippen MR) is 261 cm³/mol. The van der Waals surface area contributed by atoms with Crippen molar-refractivity contribution < 1.29 is 53.4 Å². The molecule has 7 atom stereocenters. The minimum atomic E-state index is -1.40. The standard InChI is InChI=1S/C48H67N13O11/c1-26(2)38(58-41(65)32(12-8-20-53-48(50)51)55-37(64)19-18-36(49)63)44(68)56-33(22-28-14-16-31(62)17-15-28)42(66)59-39(27(3)4)45(69)57-34(23-30-24-52-25-54-30)46(70)61-21-9-13-35(61)43(67)60-40(47(71)72)29-10-6-5-7-11-29/h5-7,10-11,14-17,24-27,32-35,38-40,62H,8-9,12-13,18-23H2,1-4H3,(H2,49,63)(H,52,54)(H,55,64)(H,56,68)(H,57,69)(H,58,65)(H,59,66)(H,60,67)(H,71,72)(H4,50,51,53)/t32-,33-,34-,35-,38-,39-,40-/m0/s1. The number of phenolic OH excluding ortho intramolecular Hbond substituents is 1. The number of rotatable bonds is 27. The number of carbonyl (C=O) groups is 9. The molecule has 0 saturated carbocycles. The molecule has 0 unspecified atom stereocenters. The molecule has 2 heterocycles. The van der Waals surface area contributed by atoms with E-state index in [2.05, 4.69) is 47.2 Å². The van der Waals surface area contributed by atoms with Gasteiger partial charge in [-0.05, 0) is 60.8 Å². The van der Waals surface area contributed by atoms with Crippen LogP contribution in [0.15, 0.2) is 67.1 Å². The van der Waals surface area contributed by atoms with Crippen molar-refractivity contribution in [3.8, 4) is 5.75 Å². The lowest BCUT2D eigenvalue weighted by molar-refractivity contribution is -0.145. The number of imidazole rings is 1. The van der Waals surface area contributed by atoms with E-state index < -0.39 is 107 Å². The Balaban J connectivity index is 1.56. The van der Waals surface area contributed by atoms with Crippen LogP contribution in [0.2, 0.25) is 0 Å². The van der Waals surface area contributed by atoms with Gasteiger partial charge in [0.2, 0.25) is 47.3 Å². The summed E-state index contributed by atoms with van der Waals surface area (Å²) < 4.78 is 0. The molecule has 2 aromatic carbocycles. The molecule has 24 heteroatoms. The van der Waals surface area contributed by atoms with Crippen LogP contribution in [-0.2, 0) is 56.0 Å². The number of likely N-dealkylation sites (tertiary alicyclic amines) is 1. The van der Waals surface area contributed by atoms with Crippen molar-refractivity contribution >= 4 is 59.2 Å². The molecule has 0 radical (unpaired) electrons. The van der Waals surface area contributed by atoms with E-state index in [1.807, 2.05) is 0 Å². The summed E-state index contributed by atoms with van der Waals surface area (Å²) in [7, 11) is 0. The lowest BCUT2D eigenvalue weighted by Gasteiger charge is -2.31. The largest absolute Gasteiger partial charge is 0.508 e. The second-order valence-corrected chi connectivity index (χ2v) is 18.2. The van der Waals surface area contributed by atoms with Crippen LogP contribution in [0, 0.1) is 17.2 Å². The number of nitrogens with two attached hydrogens (primary N) is 2. The fourth-order valence-electron chi connectivity index (χ4n) is 7.97. The third-order valence-electron chi connectivity index (χ3n) is 11.8. The lowest BCUT2D eigenvalue weighted by atomic mass is 9.98. The Morgan fingerprint density at radius 2 is 1.38 bits per heavy atom. The molecule has 1 aromatic heterocycles. The molecule has 0 spiro atoms. The molecule has 3 aromatic rings. The Bertz CT molecular complexity index is 2360. The van der Waals surface area contributed by atoms with E-state index in [0.717, 1.165) is 0 Å². The maximum atomic E-state index is 14.5. The number of aliphatic carboxylic acids is 1. The number of aromatic amines is 1. The number of nitrogens with one attached hydrogen (secondary N) is 9. The molecule has 0 bridgehead atoms. The number of carbonyl (C=O) groups excluding carboxylic acids is 8. The van der Waals surface area contributed by atoms with Gasteiger partial charge in [-0.3, -0.25) is 43.8 Å². The molecule has 4 rings (SSSR count). The summed E-state index contributed by atoms with van der Waals surface area (Å²) in [5, 5.41) is 45.9. The van der Waals surface area contributed by atoms with Gasteiger partial charge >= 0.3 is 5.97 Å². The first-order chi connectivity index (χ1) is 34.1. The van der Waals surface area contributed by atoms with Crippen LogP contribution in [-0.4, -0.2) is 134 Å². The second-order valence-electron chi connectivity index (χ2n) is 18.2. The Morgan fingerprint density at radius 1 is 0.764 bits per heavy atom. The van der Waals surface area contributed by atoms with Crippen LogP contribution in [0.3, 0.4) is 0 Å². The van der Waals surface area contributed by atoms with Crippen molar-refractivity contribution in [3.05, 3.63) is 83.9 Å². The van der Waals surface area contributed by atoms with E-state index in [1.54, 1.807) is 58.0 Å². The number of H-pyrrole nitrogens is 1. The number of aromatic nitrogens is 2. The summed E-state index contributed by atoms with van der Waals surface area (Å²) in [6, 6.07) is 4.95. The summed E-state index contributed by atoms with van der Waals surface area (Å²) in [5.41, 5.74) is 11.8. The topological polar surface area (TPSA) is 386 Å². The Hall–Kier alpha value is -8.05. The predicted octanol–water partition coefficient (Wildman–Crippen LogP) is -0.902. The number of hydrogen-bond acceptors (Lipinski definition) is 12. The van der Waals surface area contributed by atoms with Crippen LogP contribution in [0.1, 0.15) is 89.1 Å². The normalized spacial score (nSPS) is 15.7. The van der Waals surface area contributed by atoms with Crippen LogP contribution in [0.4, 0.5) is 0 Å². The summed E-state index contributed by atoms with van der Waals surface area (Å²) >= 11 is 0. The van der Waals surface area contributed by atoms with Crippen molar-refractivity contribution in [3.63, 3.8) is 0 Å². The fraction of sp³-hybridized carbons (Fsp3) is 0.479. The zero-order chi connectivity index (χ0) is 53.1. The van der Waals surface area contributed by atoms with E-state index in [4.69, 9.17) is 16.9 Å². The first-order valence-corrected chi connectivity index (χ1v) is 23.7. The third kappa shape index (κ3) is 17.4. The zero-order valence-electron chi connectivity index (χ0n) is 40.7. The number of benzene rings is 2. The van der Waals surface area contributed by atoms with Crippen LogP contribution >= 0.6 is 0 Å². The molecule has 1 aliphatic rings. The SMILES string of the molecule is CC(C)[C@H](NC(=O)[C@H](CCCNC(=N)N)NC(=O)CCC(N)=O)C(=O)N[C@@H](Cc1ccc(O)cc1)C(=O)N[C@H](C(=O)N[C@@H](Cc1c[nH]cn1)C(=O)N1CCC[C@H]1C(=O)N[C@H](C(=O)O)c1ccccc1)C(C)C. The van der Waals surface area contributed by atoms with Gasteiger partial charge in [0.05, 0.1) is 12.0 Å². The van der Waals surface area contributed by atoms with E-state index in [9.17, 15) is 53.4 Å². The number of primary amides is 1. The molecule has 1 fully saturated rings. The van der Waals surface area contributed by atoms with Crippen LogP contribution in [0.5, 0.6) is 5.75 Å². The number of guanidine groups is 1. The van der Waals surface area contributed by atoms with Gasteiger partial charge in [-0.2, -0.15) is 0 Å². The minimum Gasteiger partial charge on any atom is -0.508 e. The van der Waals surface area contributed by atoms with Gasteiger partial charge in [0.25, 0.3) is 0 Å². The highest BCUT2D eigenvalue weighted by molar-refractivity contribution is 5.98. The average molecular weight is 1000 g/mol. The summed E-state index contributed by atoms with van der Waals surface area (Å²) in [6.45, 7) is 6.89. The number of phenols is 1. The quantitative estimate of drug-likeness (QED) is 0.0250. The van der Waals surface area contributed by atoms with Crippen molar-refractivity contribution in [1.29, 1.82) is 5.41 Å². The van der Waals surface area contributed by atoms with Gasteiger partial charge in [0.1, 0.15) is 42.0 Å². The van der Waals surface area contributed by atoms with E-state index in [-0.39, 0.29) is 69.7 Å². The monoisotopic (exact) mass is 1000 g/mol. The smallest absolute Gasteiger partial charge is 0.330 e. The zero-order valence-corrected chi connectivity index (χ0v) is 40.7. The van der Waals surface area contributed by atoms with Gasteiger partial charge in [-0.1, -0.05) is 70.2 Å². The highest BCUT2D eigenvalue weighted by Gasteiger charge is 2.41. The van der Waals surface area contributed by atoms with Crippen molar-refractivity contribution in [1.82, 2.24) is 52.1 Å². The van der Waals surface area contributed by atoms with Crippen LogP contribution in [0.25, 0.3) is 0 Å². The lowest BCUT2D eigenvalue weighted by Crippen LogP contribution is -2.61. The summed E-state index contributed by atoms with van der Waals surface area (Å²) in [6.07, 6.45) is 2.97. The molecule has 1 aliphatic heterocycles. The number of carboxylic acid groups (broad SMARTS) is 1. The molecule has 0 aliphatic carbocycles. The number of carboxylic acids is 1.